The Balaban J connectivity index is 1.14. The van der Waals surface area contributed by atoms with Crippen molar-refractivity contribution in [3.63, 3.8) is 0 Å². The maximum Gasteiger partial charge on any atom is 0.277 e. The summed E-state index contributed by atoms with van der Waals surface area (Å²) in [5.74, 6) is 0.0826. The molecule has 0 saturated heterocycles. The molecule has 39 heavy (non-hydrogen) atoms. The molecular formula is C27H20Cl2FN5O3S. The van der Waals surface area contributed by atoms with E-state index >= 15 is 0 Å². The van der Waals surface area contributed by atoms with E-state index < -0.39 is 0 Å². The molecule has 0 saturated carbocycles. The second kappa shape index (κ2) is 12.3. The van der Waals surface area contributed by atoms with Crippen molar-refractivity contribution < 1.29 is 18.3 Å². The Hall–Kier alpha value is -3.86. The Morgan fingerprint density at radius 3 is 2.77 bits per heavy atom. The van der Waals surface area contributed by atoms with Crippen LogP contribution in [0.4, 0.5) is 4.39 Å². The van der Waals surface area contributed by atoms with Crippen LogP contribution in [-0.4, -0.2) is 32.6 Å². The smallest absolute Gasteiger partial charge is 0.277 e. The highest BCUT2D eigenvalue weighted by Crippen LogP contribution is 2.28. The number of carbonyl (C=O) groups excluding carboxylic acids is 1. The number of benzene rings is 3. The number of fused-ring (bicyclic) bond motifs is 1. The lowest BCUT2D eigenvalue weighted by atomic mass is 10.2. The van der Waals surface area contributed by atoms with Gasteiger partial charge >= 0.3 is 0 Å². The predicted octanol–water partition coefficient (Wildman–Crippen LogP) is 6.34. The quantitative estimate of drug-likeness (QED) is 0.117. The molecule has 0 unspecified atom stereocenters. The number of hydrogen-bond acceptors (Lipinski definition) is 7. The lowest BCUT2D eigenvalue weighted by Gasteiger charge is -2.05. The standard InChI is InChI=1S/C27H20Cl2FN5O3S/c28-19-7-10-24(22(29)11-19)37-15-26-33-34-27(38-26)39-16-25(36)32-31-12-18-14-35(23-4-2-1-3-21(18)23)13-17-5-8-20(30)9-6-17/h1-12,14H,13,15-16H2,(H,32,36)/b31-12-. The van der Waals surface area contributed by atoms with Crippen molar-refractivity contribution in [1.29, 1.82) is 0 Å². The van der Waals surface area contributed by atoms with Crippen LogP contribution >= 0.6 is 35.0 Å². The minimum absolute atomic E-state index is 0.0141. The summed E-state index contributed by atoms with van der Waals surface area (Å²) in [7, 11) is 0. The lowest BCUT2D eigenvalue weighted by molar-refractivity contribution is -0.118. The first-order valence-electron chi connectivity index (χ1n) is 11.6. The number of hydrazone groups is 1. The van der Waals surface area contributed by atoms with Gasteiger partial charge in [-0.3, -0.25) is 4.79 Å². The third-order valence-electron chi connectivity index (χ3n) is 5.50. The van der Waals surface area contributed by atoms with Crippen LogP contribution in [0.15, 0.2) is 87.7 Å². The fraction of sp³-hybridized carbons (Fsp3) is 0.111. The van der Waals surface area contributed by atoms with Crippen molar-refractivity contribution >= 4 is 58.0 Å². The van der Waals surface area contributed by atoms with Gasteiger partial charge in [-0.1, -0.05) is 65.3 Å². The summed E-state index contributed by atoms with van der Waals surface area (Å²) in [5, 5.41) is 14.0. The molecule has 0 bridgehead atoms. The zero-order chi connectivity index (χ0) is 27.2. The molecule has 12 heteroatoms. The molecule has 0 aliphatic carbocycles. The number of thioether (sulfide) groups is 1. The fourth-order valence-electron chi connectivity index (χ4n) is 3.72. The molecule has 0 aliphatic rings. The Kier molecular flexibility index (Phi) is 8.45. The summed E-state index contributed by atoms with van der Waals surface area (Å²) in [4.78, 5) is 12.3. The van der Waals surface area contributed by atoms with E-state index in [9.17, 15) is 9.18 Å². The first-order valence-corrected chi connectivity index (χ1v) is 13.4. The highest BCUT2D eigenvalue weighted by Gasteiger charge is 2.12. The summed E-state index contributed by atoms with van der Waals surface area (Å²) >= 11 is 13.0. The van der Waals surface area contributed by atoms with Crippen LogP contribution in [0.2, 0.25) is 10.0 Å². The van der Waals surface area contributed by atoms with E-state index in [2.05, 4.69) is 25.3 Å². The predicted molar refractivity (Wildman–Crippen MR) is 149 cm³/mol. The molecule has 2 heterocycles. The average molecular weight is 584 g/mol. The van der Waals surface area contributed by atoms with Gasteiger partial charge in [-0.15, -0.1) is 10.2 Å². The third kappa shape index (κ3) is 6.97. The van der Waals surface area contributed by atoms with Crippen molar-refractivity contribution in [3.8, 4) is 5.75 Å². The van der Waals surface area contributed by atoms with Crippen LogP contribution in [0, 0.1) is 5.82 Å². The minimum atomic E-state index is -0.338. The number of carbonyl (C=O) groups is 1. The number of rotatable bonds is 10. The Labute approximate surface area is 236 Å². The van der Waals surface area contributed by atoms with Crippen LogP contribution in [0.3, 0.4) is 0 Å². The van der Waals surface area contributed by atoms with E-state index in [0.717, 1.165) is 33.8 Å². The molecule has 3 aromatic carbocycles. The van der Waals surface area contributed by atoms with Gasteiger partial charge in [-0.2, -0.15) is 5.10 Å². The van der Waals surface area contributed by atoms with Crippen LogP contribution in [0.25, 0.3) is 10.9 Å². The van der Waals surface area contributed by atoms with Crippen LogP contribution in [-0.2, 0) is 17.9 Å². The summed E-state index contributed by atoms with van der Waals surface area (Å²) < 4.78 is 26.4. The molecule has 5 aromatic rings. The highest BCUT2D eigenvalue weighted by atomic mass is 35.5. The van der Waals surface area contributed by atoms with E-state index in [1.54, 1.807) is 36.5 Å². The number of nitrogens with zero attached hydrogens (tertiary/aromatic N) is 4. The number of hydrogen-bond donors (Lipinski definition) is 1. The average Bonchev–Trinajstić information content (AvgIpc) is 3.53. The van der Waals surface area contributed by atoms with Crippen LogP contribution < -0.4 is 10.2 Å². The molecule has 2 aromatic heterocycles. The fourth-order valence-corrected chi connectivity index (χ4v) is 4.75. The van der Waals surface area contributed by atoms with Crippen molar-refractivity contribution in [1.82, 2.24) is 20.2 Å². The molecule has 8 nitrogen and oxygen atoms in total. The topological polar surface area (TPSA) is 94.5 Å². The SMILES string of the molecule is O=C(CSc1nnc(COc2ccc(Cl)cc2Cl)o1)N/N=C\c1cn(Cc2ccc(F)cc2)c2ccccc12. The molecule has 0 spiro atoms. The van der Waals surface area contributed by atoms with Crippen molar-refractivity contribution in [2.45, 2.75) is 18.4 Å². The second-order valence-electron chi connectivity index (χ2n) is 8.26. The number of aromatic nitrogens is 3. The monoisotopic (exact) mass is 583 g/mol. The van der Waals surface area contributed by atoms with E-state index in [4.69, 9.17) is 32.4 Å². The molecular weight excluding hydrogens is 564 g/mol. The van der Waals surface area contributed by atoms with Crippen molar-refractivity contribution in [3.05, 3.63) is 106 Å². The van der Waals surface area contributed by atoms with Gasteiger partial charge in [0.2, 0.25) is 0 Å². The molecule has 1 N–H and O–H groups in total. The van der Waals surface area contributed by atoms with Gasteiger partial charge in [-0.25, -0.2) is 9.82 Å². The first kappa shape index (κ1) is 26.7. The normalized spacial score (nSPS) is 11.4. The second-order valence-corrected chi connectivity index (χ2v) is 10.0. The van der Waals surface area contributed by atoms with E-state index in [-0.39, 0.29) is 35.2 Å². The van der Waals surface area contributed by atoms with Crippen LogP contribution in [0.1, 0.15) is 17.0 Å². The van der Waals surface area contributed by atoms with Gasteiger partial charge in [-0.05, 0) is 42.0 Å². The minimum Gasteiger partial charge on any atom is -0.482 e. The lowest BCUT2D eigenvalue weighted by Crippen LogP contribution is -2.19. The van der Waals surface area contributed by atoms with Gasteiger partial charge in [0.05, 0.1) is 17.0 Å². The molecule has 0 radical (unpaired) electrons. The number of nitrogens with one attached hydrogen (secondary N) is 1. The largest absolute Gasteiger partial charge is 0.482 e. The number of para-hydroxylation sites is 1. The molecule has 1 amide bonds. The van der Waals surface area contributed by atoms with Crippen molar-refractivity contribution in [2.75, 3.05) is 5.75 Å². The molecule has 0 atom stereocenters. The molecule has 0 aliphatic heterocycles. The third-order valence-corrected chi connectivity index (χ3v) is 6.85. The van der Waals surface area contributed by atoms with Gasteiger partial charge < -0.3 is 13.7 Å². The van der Waals surface area contributed by atoms with Gasteiger partial charge in [0, 0.05) is 34.2 Å². The van der Waals surface area contributed by atoms with Crippen molar-refractivity contribution in [2.24, 2.45) is 5.10 Å². The number of halogens is 3. The summed E-state index contributed by atoms with van der Waals surface area (Å²) in [6.07, 6.45) is 3.54. The maximum absolute atomic E-state index is 13.3. The summed E-state index contributed by atoms with van der Waals surface area (Å²) in [5.41, 5.74) is 5.32. The number of ether oxygens (including phenoxy) is 1. The molecule has 198 valence electrons. The van der Waals surface area contributed by atoms with Gasteiger partial charge in [0.1, 0.15) is 11.6 Å². The van der Waals surface area contributed by atoms with E-state index in [1.165, 1.54) is 12.1 Å². The first-order chi connectivity index (χ1) is 18.9. The van der Waals surface area contributed by atoms with Crippen LogP contribution in [0.5, 0.6) is 5.75 Å². The maximum atomic E-state index is 13.3. The highest BCUT2D eigenvalue weighted by molar-refractivity contribution is 7.99. The molecule has 5 rings (SSSR count). The summed E-state index contributed by atoms with van der Waals surface area (Å²) in [6.45, 7) is 0.585. The Morgan fingerprint density at radius 2 is 1.95 bits per heavy atom. The van der Waals surface area contributed by atoms with E-state index in [1.807, 2.05) is 30.5 Å². The summed E-state index contributed by atoms with van der Waals surface area (Å²) in [6, 6.07) is 19.1. The number of amides is 1. The Morgan fingerprint density at radius 1 is 1.13 bits per heavy atom. The van der Waals surface area contributed by atoms with E-state index in [0.29, 0.717) is 22.3 Å². The molecule has 0 fully saturated rings. The zero-order valence-electron chi connectivity index (χ0n) is 20.2. The Bertz CT molecular complexity index is 1640. The van der Waals surface area contributed by atoms with Gasteiger partial charge in [0.25, 0.3) is 17.0 Å². The van der Waals surface area contributed by atoms with Gasteiger partial charge in [0.15, 0.2) is 6.61 Å². The zero-order valence-corrected chi connectivity index (χ0v) is 22.5.